The summed E-state index contributed by atoms with van der Waals surface area (Å²) in [7, 11) is -4.61. The summed E-state index contributed by atoms with van der Waals surface area (Å²) in [4.78, 5) is 38.0. The zero-order valence-corrected chi connectivity index (χ0v) is 5.82. The monoisotopic (exact) mass is 175 g/mol. The molecule has 0 unspecified atom stereocenters. The normalized spacial score (nSPS) is 9.33. The fourth-order valence-electron chi connectivity index (χ4n) is 0. The SMILES string of the molecule is O=[N+](O)[S-].O[Si](O)(O)O. The molecule has 0 aliphatic carbocycles. The van der Waals surface area contributed by atoms with Gasteiger partial charge >= 0.3 is 9.05 Å². The van der Waals surface area contributed by atoms with Gasteiger partial charge in [-0.25, -0.2) is 0 Å². The Hall–Kier alpha value is -0.323. The second-order valence-corrected chi connectivity index (χ2v) is 2.35. The molecule has 0 aliphatic heterocycles. The molecule has 0 saturated carbocycles. The molecule has 9 heteroatoms. The molecular formula is H5NO6SSi. The van der Waals surface area contributed by atoms with E-state index in [1.54, 1.807) is 0 Å². The second kappa shape index (κ2) is 4.55. The molecule has 0 rings (SSSR count). The fourth-order valence-corrected chi connectivity index (χ4v) is 0. The molecule has 0 atom stereocenters. The topological polar surface area (TPSA) is 121 Å². The van der Waals surface area contributed by atoms with Crippen LogP contribution in [0, 0.1) is 4.91 Å². The summed E-state index contributed by atoms with van der Waals surface area (Å²) >= 11 is 3.45. The zero-order chi connectivity index (χ0) is 8.08. The Morgan fingerprint density at radius 1 is 1.22 bits per heavy atom. The number of rotatable bonds is 0. The highest BCUT2D eigenvalue weighted by Crippen LogP contribution is 1.67. The van der Waals surface area contributed by atoms with Gasteiger partial charge in [-0.3, -0.25) is 5.21 Å². The molecule has 0 bridgehead atoms. The van der Waals surface area contributed by atoms with Crippen molar-refractivity contribution in [3.8, 4) is 0 Å². The third kappa shape index (κ3) is 2370. The van der Waals surface area contributed by atoms with Gasteiger partial charge in [-0.2, -0.15) is 0 Å². The van der Waals surface area contributed by atoms with E-state index >= 15 is 0 Å². The van der Waals surface area contributed by atoms with Gasteiger partial charge in [0.1, 0.15) is 4.33 Å². The van der Waals surface area contributed by atoms with E-state index in [0.717, 1.165) is 0 Å². The highest BCUT2D eigenvalue weighted by molar-refractivity contribution is 7.51. The standard InChI is InChI=1S/HNO2S.H4O4Si/c2-1(3)4;1-5(2,3)4/h(H,2,3,4);1-4H. The molecule has 56 valence electrons. The Labute approximate surface area is 56.4 Å². The largest absolute Gasteiger partial charge is 0.668 e. The van der Waals surface area contributed by atoms with Gasteiger partial charge in [0, 0.05) is 0 Å². The summed E-state index contributed by atoms with van der Waals surface area (Å²) in [5.74, 6) is 0. The van der Waals surface area contributed by atoms with E-state index in [0.29, 0.717) is 0 Å². The van der Waals surface area contributed by atoms with Gasteiger partial charge in [0.15, 0.2) is 0 Å². The van der Waals surface area contributed by atoms with Crippen molar-refractivity contribution in [3.05, 3.63) is 4.91 Å². The first-order valence-corrected chi connectivity index (χ1v) is 3.61. The average molecular weight is 175 g/mol. The van der Waals surface area contributed by atoms with Crippen molar-refractivity contribution in [2.45, 2.75) is 0 Å². The van der Waals surface area contributed by atoms with Gasteiger partial charge in [-0.15, -0.1) is 0 Å². The van der Waals surface area contributed by atoms with Crippen LogP contribution in [0.2, 0.25) is 0 Å². The highest BCUT2D eigenvalue weighted by Gasteiger charge is 2.22. The molecule has 9 heavy (non-hydrogen) atoms. The Morgan fingerprint density at radius 3 is 1.22 bits per heavy atom. The van der Waals surface area contributed by atoms with Crippen LogP contribution in [0.1, 0.15) is 0 Å². The van der Waals surface area contributed by atoms with Crippen LogP contribution in [-0.2, 0) is 12.8 Å². The first kappa shape index (κ1) is 11.5. The lowest BCUT2D eigenvalue weighted by atomic mass is 13.4. The molecule has 0 aromatic carbocycles. The maximum absolute atomic E-state index is 8.73. The predicted molar refractivity (Wildman–Crippen MR) is 27.4 cm³/mol. The van der Waals surface area contributed by atoms with Gasteiger partial charge in [0.25, 0.3) is 0 Å². The van der Waals surface area contributed by atoms with Gasteiger partial charge in [0.05, 0.1) is 4.91 Å². The molecule has 0 amide bonds. The number of nitrogens with zero attached hydrogens (tertiary/aromatic N) is 1. The Bertz CT molecular complexity index is 75.5. The van der Waals surface area contributed by atoms with Crippen molar-refractivity contribution in [1.29, 1.82) is 0 Å². The van der Waals surface area contributed by atoms with E-state index in [1.165, 1.54) is 0 Å². The van der Waals surface area contributed by atoms with Crippen LogP contribution >= 0.6 is 0 Å². The summed E-state index contributed by atoms with van der Waals surface area (Å²) in [5, 5.41) is 7.15. The lowest BCUT2D eigenvalue weighted by molar-refractivity contribution is -0.661. The minimum absolute atomic E-state index is 0.667. The molecule has 0 saturated heterocycles. The van der Waals surface area contributed by atoms with Crippen LogP contribution in [0.5, 0.6) is 0 Å². The summed E-state index contributed by atoms with van der Waals surface area (Å²) in [6.07, 6.45) is 0. The highest BCUT2D eigenvalue weighted by atomic mass is 32.1. The molecule has 0 aliphatic rings. The molecule has 0 fully saturated rings. The predicted octanol–water partition coefficient (Wildman–Crippen LogP) is -2.99. The van der Waals surface area contributed by atoms with Crippen molar-refractivity contribution in [1.82, 2.24) is 0 Å². The maximum Gasteiger partial charge on any atom is 0.668 e. The van der Waals surface area contributed by atoms with Crippen LogP contribution in [0.15, 0.2) is 0 Å². The van der Waals surface area contributed by atoms with E-state index in [4.69, 9.17) is 29.3 Å². The fraction of sp³-hybridized carbons (Fsp3) is 0. The van der Waals surface area contributed by atoms with Crippen molar-refractivity contribution in [2.24, 2.45) is 0 Å². The molecule has 5 N–H and O–H groups in total. The minimum Gasteiger partial charge on any atom is -0.368 e. The van der Waals surface area contributed by atoms with E-state index < -0.39 is 13.4 Å². The van der Waals surface area contributed by atoms with E-state index in [2.05, 4.69) is 12.8 Å². The maximum atomic E-state index is 8.73. The Balaban J connectivity index is 0. The lowest BCUT2D eigenvalue weighted by Crippen LogP contribution is -2.33. The van der Waals surface area contributed by atoms with E-state index in [1.807, 2.05) is 0 Å². The summed E-state index contributed by atoms with van der Waals surface area (Å²) in [6, 6.07) is 0. The summed E-state index contributed by atoms with van der Waals surface area (Å²) in [5.41, 5.74) is 0. The minimum atomic E-state index is -4.61. The molecule has 0 aromatic rings. The van der Waals surface area contributed by atoms with Gasteiger partial charge in [0.2, 0.25) is 0 Å². The van der Waals surface area contributed by atoms with Gasteiger partial charge in [-0.1, -0.05) is 0 Å². The average Bonchev–Trinajstić information content (AvgIpc) is 1.19. The van der Waals surface area contributed by atoms with Crippen LogP contribution in [0.4, 0.5) is 0 Å². The second-order valence-electron chi connectivity index (χ2n) is 0.838. The third-order valence-corrected chi connectivity index (χ3v) is 0. The molecule has 7 nitrogen and oxygen atoms in total. The van der Waals surface area contributed by atoms with Crippen molar-refractivity contribution in [3.63, 3.8) is 0 Å². The lowest BCUT2D eigenvalue weighted by Gasteiger charge is -1.91. The third-order valence-electron chi connectivity index (χ3n) is 0. The van der Waals surface area contributed by atoms with Crippen molar-refractivity contribution < 1.29 is 28.7 Å². The van der Waals surface area contributed by atoms with Crippen LogP contribution in [0.3, 0.4) is 0 Å². The van der Waals surface area contributed by atoms with E-state index in [9.17, 15) is 0 Å². The molecule has 0 aromatic heterocycles. The molecular weight excluding hydrogens is 170 g/mol. The molecule has 0 spiro atoms. The number of hydrogen-bond donors (Lipinski definition) is 5. The van der Waals surface area contributed by atoms with E-state index in [-0.39, 0.29) is 0 Å². The van der Waals surface area contributed by atoms with Crippen LogP contribution < -0.4 is 0 Å². The first-order valence-electron chi connectivity index (χ1n) is 1.46. The van der Waals surface area contributed by atoms with Crippen LogP contribution in [0.25, 0.3) is 0 Å². The quantitative estimate of drug-likeness (QED) is 0.151. The smallest absolute Gasteiger partial charge is 0.368 e. The Morgan fingerprint density at radius 2 is 1.22 bits per heavy atom. The zero-order valence-electron chi connectivity index (χ0n) is 4.00. The number of hydrogen-bond acceptors (Lipinski definition) is 6. The van der Waals surface area contributed by atoms with Gasteiger partial charge < -0.3 is 32.0 Å². The summed E-state index contributed by atoms with van der Waals surface area (Å²) < 4.78 is -0.667. The molecule has 0 heterocycles. The molecule has 0 radical (unpaired) electrons. The Kier molecular flexibility index (Phi) is 5.79. The van der Waals surface area contributed by atoms with Gasteiger partial charge in [-0.05, 0) is 0 Å². The summed E-state index contributed by atoms with van der Waals surface area (Å²) in [6.45, 7) is 0. The van der Waals surface area contributed by atoms with Crippen LogP contribution in [-0.4, -0.2) is 37.8 Å². The first-order chi connectivity index (χ1) is 3.73. The van der Waals surface area contributed by atoms with Crippen molar-refractivity contribution >= 4 is 21.9 Å². The van der Waals surface area contributed by atoms with Crippen molar-refractivity contribution in [2.75, 3.05) is 0 Å².